The van der Waals surface area contributed by atoms with E-state index in [4.69, 9.17) is 17.3 Å². The molecule has 3 N–H and O–H groups in total. The monoisotopic (exact) mass is 303 g/mol. The van der Waals surface area contributed by atoms with Gasteiger partial charge in [-0.3, -0.25) is 0 Å². The van der Waals surface area contributed by atoms with Crippen LogP contribution in [0.1, 0.15) is 37.3 Å². The molecule has 1 saturated carbocycles. The molecule has 1 atom stereocenters. The molecule has 2 nitrogen and oxygen atoms in total. The Bertz CT molecular complexity index is 391. The lowest BCUT2D eigenvalue weighted by Crippen LogP contribution is -2.19. The van der Waals surface area contributed by atoms with Gasteiger partial charge in [0.25, 0.3) is 0 Å². The fourth-order valence-electron chi connectivity index (χ4n) is 2.41. The first-order valence-corrected chi connectivity index (χ1v) is 6.70. The molecule has 16 heavy (non-hydrogen) atoms. The third-order valence-electron chi connectivity index (χ3n) is 3.32. The first-order chi connectivity index (χ1) is 7.59. The maximum atomic E-state index is 9.97. The van der Waals surface area contributed by atoms with E-state index < -0.39 is 0 Å². The van der Waals surface area contributed by atoms with E-state index in [2.05, 4.69) is 15.9 Å². The molecule has 0 spiro atoms. The van der Waals surface area contributed by atoms with Crippen molar-refractivity contribution < 1.29 is 5.11 Å². The van der Waals surface area contributed by atoms with Crippen LogP contribution in [-0.2, 0) is 0 Å². The van der Waals surface area contributed by atoms with Crippen LogP contribution < -0.4 is 5.73 Å². The maximum Gasteiger partial charge on any atom is 0.134 e. The van der Waals surface area contributed by atoms with Gasteiger partial charge in [-0.25, -0.2) is 0 Å². The molecule has 0 unspecified atom stereocenters. The van der Waals surface area contributed by atoms with Gasteiger partial charge >= 0.3 is 0 Å². The Labute approximate surface area is 109 Å². The molecule has 0 heterocycles. The van der Waals surface area contributed by atoms with Crippen molar-refractivity contribution in [3.63, 3.8) is 0 Å². The molecule has 4 heteroatoms. The van der Waals surface area contributed by atoms with Crippen LogP contribution in [0.25, 0.3) is 0 Å². The van der Waals surface area contributed by atoms with E-state index in [1.807, 2.05) is 0 Å². The van der Waals surface area contributed by atoms with Crippen LogP contribution >= 0.6 is 27.5 Å². The van der Waals surface area contributed by atoms with Crippen molar-refractivity contribution in [2.45, 2.75) is 31.7 Å². The Morgan fingerprint density at radius 2 is 2.00 bits per heavy atom. The zero-order valence-electron chi connectivity index (χ0n) is 8.92. The number of aromatic hydroxyl groups is 1. The highest BCUT2D eigenvalue weighted by molar-refractivity contribution is 9.10. The van der Waals surface area contributed by atoms with E-state index in [-0.39, 0.29) is 11.8 Å². The number of hydrogen-bond acceptors (Lipinski definition) is 2. The fourth-order valence-corrected chi connectivity index (χ4v) is 3.24. The topological polar surface area (TPSA) is 46.2 Å². The van der Waals surface area contributed by atoms with E-state index >= 15 is 0 Å². The summed E-state index contributed by atoms with van der Waals surface area (Å²) in [5, 5.41) is 10.6. The molecule has 0 bridgehead atoms. The molecule has 2 rings (SSSR count). The van der Waals surface area contributed by atoms with Crippen molar-refractivity contribution in [3.05, 3.63) is 27.2 Å². The van der Waals surface area contributed by atoms with Gasteiger partial charge in [-0.15, -0.1) is 0 Å². The summed E-state index contributed by atoms with van der Waals surface area (Å²) < 4.78 is 0.614. The highest BCUT2D eigenvalue weighted by Gasteiger charge is 2.26. The zero-order valence-corrected chi connectivity index (χ0v) is 11.3. The predicted molar refractivity (Wildman–Crippen MR) is 69.7 cm³/mol. The molecule has 1 aliphatic carbocycles. The number of hydrogen-bond donors (Lipinski definition) is 2. The standard InChI is InChI=1S/C12H15BrClNO/c13-10-6-8(14)5-9(12(10)16)11(15)7-3-1-2-4-7/h5-7,11,16H,1-4,15H2/t11-/m1/s1. The third kappa shape index (κ3) is 2.36. The van der Waals surface area contributed by atoms with Crippen molar-refractivity contribution in [3.8, 4) is 5.75 Å². The van der Waals surface area contributed by atoms with Crippen LogP contribution in [0.5, 0.6) is 5.75 Å². The molecular formula is C12H15BrClNO. The molecule has 1 aromatic rings. The molecule has 0 aromatic heterocycles. The Morgan fingerprint density at radius 3 is 2.62 bits per heavy atom. The summed E-state index contributed by atoms with van der Waals surface area (Å²) in [5.41, 5.74) is 6.96. The second-order valence-corrected chi connectivity index (χ2v) is 5.69. The lowest BCUT2D eigenvalue weighted by molar-refractivity contribution is 0.411. The number of phenolic OH excluding ortho intramolecular Hbond substituents is 1. The lowest BCUT2D eigenvalue weighted by atomic mass is 9.92. The summed E-state index contributed by atoms with van der Waals surface area (Å²) in [5.74, 6) is 0.695. The Hall–Kier alpha value is -0.250. The van der Waals surface area contributed by atoms with Gasteiger partial charge in [0.1, 0.15) is 5.75 Å². The minimum Gasteiger partial charge on any atom is -0.506 e. The van der Waals surface area contributed by atoms with Crippen LogP contribution in [0, 0.1) is 5.92 Å². The van der Waals surface area contributed by atoms with Gasteiger partial charge in [0, 0.05) is 16.6 Å². The third-order valence-corrected chi connectivity index (χ3v) is 4.15. The van der Waals surface area contributed by atoms with Crippen LogP contribution in [0.3, 0.4) is 0 Å². The average molecular weight is 305 g/mol. The first kappa shape index (κ1) is 12.2. The molecule has 88 valence electrons. The molecule has 0 aliphatic heterocycles. The van der Waals surface area contributed by atoms with Crippen LogP contribution in [-0.4, -0.2) is 5.11 Å². The van der Waals surface area contributed by atoms with Crippen LogP contribution in [0.15, 0.2) is 16.6 Å². The number of halogens is 2. The van der Waals surface area contributed by atoms with E-state index in [1.165, 1.54) is 12.8 Å². The summed E-state index contributed by atoms with van der Waals surface area (Å²) in [6.07, 6.45) is 4.76. The van der Waals surface area contributed by atoms with Gasteiger partial charge in [0.05, 0.1) is 4.47 Å². The maximum absolute atomic E-state index is 9.97. The Balaban J connectivity index is 2.31. The molecule has 1 fully saturated rings. The summed E-state index contributed by atoms with van der Waals surface area (Å²) in [6, 6.07) is 3.34. The summed E-state index contributed by atoms with van der Waals surface area (Å²) >= 11 is 9.26. The largest absolute Gasteiger partial charge is 0.506 e. The van der Waals surface area contributed by atoms with Crippen molar-refractivity contribution in [2.24, 2.45) is 11.7 Å². The van der Waals surface area contributed by atoms with Crippen LogP contribution in [0.4, 0.5) is 0 Å². The first-order valence-electron chi connectivity index (χ1n) is 5.53. The van der Waals surface area contributed by atoms with Gasteiger partial charge in [0.15, 0.2) is 0 Å². The molecule has 0 radical (unpaired) electrons. The SMILES string of the molecule is N[C@@H](c1cc(Cl)cc(Br)c1O)C1CCCC1. The number of rotatable bonds is 2. The Morgan fingerprint density at radius 1 is 1.38 bits per heavy atom. The van der Waals surface area contributed by atoms with Gasteiger partial charge < -0.3 is 10.8 Å². The average Bonchev–Trinajstić information content (AvgIpc) is 2.75. The summed E-state index contributed by atoms with van der Waals surface area (Å²) in [6.45, 7) is 0. The summed E-state index contributed by atoms with van der Waals surface area (Å²) in [4.78, 5) is 0. The van der Waals surface area contributed by atoms with Crippen molar-refractivity contribution in [1.82, 2.24) is 0 Å². The lowest BCUT2D eigenvalue weighted by Gasteiger charge is -2.21. The van der Waals surface area contributed by atoms with Gasteiger partial charge in [-0.1, -0.05) is 24.4 Å². The van der Waals surface area contributed by atoms with E-state index in [9.17, 15) is 5.11 Å². The normalized spacial score (nSPS) is 18.9. The van der Waals surface area contributed by atoms with Crippen molar-refractivity contribution in [1.29, 1.82) is 0 Å². The highest BCUT2D eigenvalue weighted by atomic mass is 79.9. The van der Waals surface area contributed by atoms with Gasteiger partial charge in [0.2, 0.25) is 0 Å². The van der Waals surface area contributed by atoms with E-state index in [0.29, 0.717) is 15.4 Å². The molecule has 0 amide bonds. The van der Waals surface area contributed by atoms with Crippen molar-refractivity contribution >= 4 is 27.5 Å². The van der Waals surface area contributed by atoms with Gasteiger partial charge in [-0.05, 0) is 46.8 Å². The molecule has 0 saturated heterocycles. The predicted octanol–water partition coefficient (Wildman–Crippen LogP) is 4.00. The smallest absolute Gasteiger partial charge is 0.134 e. The number of benzene rings is 1. The van der Waals surface area contributed by atoms with Gasteiger partial charge in [-0.2, -0.15) is 0 Å². The Kier molecular flexibility index (Phi) is 3.77. The van der Waals surface area contributed by atoms with E-state index in [1.54, 1.807) is 12.1 Å². The number of nitrogens with two attached hydrogens (primary N) is 1. The summed E-state index contributed by atoms with van der Waals surface area (Å²) in [7, 11) is 0. The van der Waals surface area contributed by atoms with Crippen LogP contribution in [0.2, 0.25) is 5.02 Å². The second kappa shape index (κ2) is 4.94. The highest BCUT2D eigenvalue weighted by Crippen LogP contribution is 2.41. The van der Waals surface area contributed by atoms with Crippen molar-refractivity contribution in [2.75, 3.05) is 0 Å². The molecule has 1 aliphatic rings. The quantitative estimate of drug-likeness (QED) is 0.867. The minimum atomic E-state index is -0.113. The molecule has 1 aromatic carbocycles. The molecular weight excluding hydrogens is 289 g/mol. The minimum absolute atomic E-state index is 0.113. The zero-order chi connectivity index (χ0) is 11.7. The second-order valence-electron chi connectivity index (χ2n) is 4.40. The van der Waals surface area contributed by atoms with E-state index in [0.717, 1.165) is 18.4 Å². The number of phenols is 1. The fraction of sp³-hybridized carbons (Fsp3) is 0.500.